The van der Waals surface area contributed by atoms with E-state index in [1.165, 1.54) is 4.90 Å². The summed E-state index contributed by atoms with van der Waals surface area (Å²) in [7, 11) is 0. The lowest BCUT2D eigenvalue weighted by atomic mass is 9.83. The van der Waals surface area contributed by atoms with Crippen LogP contribution in [0.5, 0.6) is 0 Å². The molecule has 1 aliphatic carbocycles. The largest absolute Gasteiger partial charge is 0.445 e. The lowest BCUT2D eigenvalue weighted by Crippen LogP contribution is -2.59. The molecule has 12 heteroatoms. The Bertz CT molecular complexity index is 1420. The molecule has 266 valence electrons. The molecule has 1 saturated carbocycles. The van der Waals surface area contributed by atoms with Gasteiger partial charge in [0.05, 0.1) is 11.7 Å². The number of rotatable bonds is 13. The molecule has 0 bridgehead atoms. The Kier molecular flexibility index (Phi) is 12.2. The molecule has 4 amide bonds. The van der Waals surface area contributed by atoms with E-state index < -0.39 is 72.4 Å². The third kappa shape index (κ3) is 9.77. The van der Waals surface area contributed by atoms with Gasteiger partial charge in [-0.25, -0.2) is 13.6 Å². The third-order valence-electron chi connectivity index (χ3n) is 9.82. The molecule has 5 rings (SSSR count). The first-order valence-electron chi connectivity index (χ1n) is 17.4. The topological polar surface area (TPSA) is 126 Å². The second kappa shape index (κ2) is 16.6. The molecule has 49 heavy (non-hydrogen) atoms. The number of nitrogens with zero attached hydrogens (tertiary/aromatic N) is 1. The molecule has 2 aromatic carbocycles. The van der Waals surface area contributed by atoms with Gasteiger partial charge in [-0.15, -0.1) is 0 Å². The Balaban J connectivity index is 1.32. The number of hydrogen-bond acceptors (Lipinski definition) is 6. The Morgan fingerprint density at radius 3 is 2.24 bits per heavy atom. The normalized spacial score (nSPS) is 23.0. The molecule has 10 nitrogen and oxygen atoms in total. The van der Waals surface area contributed by atoms with E-state index in [0.717, 1.165) is 43.2 Å². The predicted molar refractivity (Wildman–Crippen MR) is 178 cm³/mol. The molecule has 3 aliphatic rings. The van der Waals surface area contributed by atoms with E-state index >= 15 is 0 Å². The summed E-state index contributed by atoms with van der Waals surface area (Å²) in [5, 5.41) is 8.06. The highest BCUT2D eigenvalue weighted by atomic mass is 19.3. The molecule has 0 aromatic heterocycles. The first-order chi connectivity index (χ1) is 23.5. The first-order valence-corrected chi connectivity index (χ1v) is 17.4. The van der Waals surface area contributed by atoms with Crippen molar-refractivity contribution in [2.75, 3.05) is 13.1 Å². The monoisotopic (exact) mass is 682 g/mol. The molecule has 0 unspecified atom stereocenters. The van der Waals surface area contributed by atoms with Crippen molar-refractivity contribution in [3.05, 3.63) is 71.8 Å². The molecule has 2 aliphatic heterocycles. The maximum absolute atomic E-state index is 14.5. The second-order valence-corrected chi connectivity index (χ2v) is 14.0. The average Bonchev–Trinajstić information content (AvgIpc) is 3.58. The number of likely N-dealkylation sites (tertiary alicyclic amines) is 1. The smallest absolute Gasteiger partial charge is 0.408 e. The average molecular weight is 683 g/mol. The van der Waals surface area contributed by atoms with Gasteiger partial charge in [0.25, 0.3) is 0 Å². The van der Waals surface area contributed by atoms with Gasteiger partial charge >= 0.3 is 6.09 Å². The zero-order valence-corrected chi connectivity index (χ0v) is 28.2. The highest BCUT2D eigenvalue weighted by molar-refractivity contribution is 5.95. The molecule has 5 atom stereocenters. The Morgan fingerprint density at radius 2 is 1.59 bits per heavy atom. The number of benzene rings is 2. The van der Waals surface area contributed by atoms with Crippen LogP contribution in [0, 0.1) is 11.8 Å². The van der Waals surface area contributed by atoms with Gasteiger partial charge in [0.15, 0.2) is 0 Å². The van der Waals surface area contributed by atoms with Crippen LogP contribution in [-0.2, 0) is 36.9 Å². The van der Waals surface area contributed by atoms with Gasteiger partial charge in [-0.1, -0.05) is 79.9 Å². The fraction of sp³-hybridized carbons (Fsp3) is 0.568. The highest BCUT2D eigenvalue weighted by Gasteiger charge is 2.56. The summed E-state index contributed by atoms with van der Waals surface area (Å²) in [6.45, 7) is 4.13. The number of halogens is 2. The minimum Gasteiger partial charge on any atom is -0.445 e. The SMILES string of the molecule is CC1(C)C[C@H]2[C@H](CN(C(=O)[C@@H](NC(=O)OCc3ccccc3)C3CCCCC3)[C@@H]2C(=O)N[C@@H](CC(F)F)C(=O)NCCc2ccccc2)O1. The predicted octanol–water partition coefficient (Wildman–Crippen LogP) is 4.76. The van der Waals surface area contributed by atoms with Gasteiger partial charge < -0.3 is 30.3 Å². The number of ether oxygens (including phenoxy) is 2. The molecule has 2 saturated heterocycles. The lowest BCUT2D eigenvalue weighted by molar-refractivity contribution is -0.144. The maximum Gasteiger partial charge on any atom is 0.408 e. The zero-order chi connectivity index (χ0) is 35.0. The van der Waals surface area contributed by atoms with Crippen LogP contribution in [0.3, 0.4) is 0 Å². The minimum atomic E-state index is -2.85. The van der Waals surface area contributed by atoms with Crippen LogP contribution in [0.4, 0.5) is 13.6 Å². The lowest BCUT2D eigenvalue weighted by Gasteiger charge is -2.36. The summed E-state index contributed by atoms with van der Waals surface area (Å²) < 4.78 is 39.2. The number of hydrogen-bond donors (Lipinski definition) is 3. The molecular formula is C37H48F2N4O6. The Hall–Kier alpha value is -4.06. The highest BCUT2D eigenvalue weighted by Crippen LogP contribution is 2.43. The summed E-state index contributed by atoms with van der Waals surface area (Å²) in [6, 6.07) is 15.1. The number of fused-ring (bicyclic) bond motifs is 1. The molecular weight excluding hydrogens is 634 g/mol. The second-order valence-electron chi connectivity index (χ2n) is 14.0. The van der Waals surface area contributed by atoms with E-state index in [0.29, 0.717) is 12.8 Å². The summed E-state index contributed by atoms with van der Waals surface area (Å²) in [6.07, 6.45) is 0.258. The van der Waals surface area contributed by atoms with Gasteiger partial charge in [0.1, 0.15) is 24.7 Å². The van der Waals surface area contributed by atoms with E-state index in [1.54, 1.807) is 0 Å². The van der Waals surface area contributed by atoms with E-state index in [2.05, 4.69) is 16.0 Å². The third-order valence-corrected chi connectivity index (χ3v) is 9.82. The van der Waals surface area contributed by atoms with Crippen molar-refractivity contribution < 1.29 is 37.4 Å². The van der Waals surface area contributed by atoms with Gasteiger partial charge in [-0.2, -0.15) is 0 Å². The Labute approximate surface area is 286 Å². The number of alkyl halides is 2. The summed E-state index contributed by atoms with van der Waals surface area (Å²) in [4.78, 5) is 56.2. The van der Waals surface area contributed by atoms with Gasteiger partial charge in [-0.3, -0.25) is 14.4 Å². The van der Waals surface area contributed by atoms with Gasteiger partial charge in [-0.05, 0) is 56.6 Å². The number of alkyl carbamates (subject to hydrolysis) is 1. The van der Waals surface area contributed by atoms with E-state index in [9.17, 15) is 28.0 Å². The number of carbonyl (C=O) groups is 4. The van der Waals surface area contributed by atoms with E-state index in [1.807, 2.05) is 74.5 Å². The maximum atomic E-state index is 14.5. The van der Waals surface area contributed by atoms with Crippen LogP contribution in [0.1, 0.15) is 69.9 Å². The van der Waals surface area contributed by atoms with Crippen molar-refractivity contribution in [2.24, 2.45) is 11.8 Å². The quantitative estimate of drug-likeness (QED) is 0.280. The fourth-order valence-corrected chi connectivity index (χ4v) is 7.52. The van der Waals surface area contributed by atoms with Gasteiger partial charge in [0, 0.05) is 25.4 Å². The van der Waals surface area contributed by atoms with E-state index in [4.69, 9.17) is 9.47 Å². The van der Waals surface area contributed by atoms with Crippen LogP contribution in [0.15, 0.2) is 60.7 Å². The fourth-order valence-electron chi connectivity index (χ4n) is 7.52. The van der Waals surface area contributed by atoms with E-state index in [-0.39, 0.29) is 25.6 Å². The first kappa shape index (κ1) is 36.2. The molecule has 2 aromatic rings. The minimum absolute atomic E-state index is 0.0268. The van der Waals surface area contributed by atoms with Crippen molar-refractivity contribution in [3.63, 3.8) is 0 Å². The van der Waals surface area contributed by atoms with Crippen LogP contribution >= 0.6 is 0 Å². The number of nitrogens with one attached hydrogen (secondary N) is 3. The molecule has 0 radical (unpaired) electrons. The summed E-state index contributed by atoms with van der Waals surface area (Å²) in [5.41, 5.74) is 1.20. The molecule has 2 heterocycles. The van der Waals surface area contributed by atoms with Crippen molar-refractivity contribution >= 4 is 23.8 Å². The van der Waals surface area contributed by atoms with Crippen LogP contribution < -0.4 is 16.0 Å². The van der Waals surface area contributed by atoms with Crippen LogP contribution in [-0.4, -0.2) is 78.1 Å². The van der Waals surface area contributed by atoms with Crippen molar-refractivity contribution in [1.82, 2.24) is 20.9 Å². The molecule has 3 fully saturated rings. The molecule has 3 N–H and O–H groups in total. The summed E-state index contributed by atoms with van der Waals surface area (Å²) >= 11 is 0. The number of amides is 4. The van der Waals surface area contributed by atoms with Crippen molar-refractivity contribution in [3.8, 4) is 0 Å². The standard InChI is InChI=1S/C37H48F2N4O6/c1-37(2)21-27-29(49-37)22-43(32(27)34(45)41-28(20-30(38)39)33(44)40-19-18-24-12-6-3-7-13-24)35(46)31(26-16-10-5-11-17-26)42-36(47)48-23-25-14-8-4-9-15-25/h3-4,6-9,12-15,26-32H,5,10-11,16-23H2,1-2H3,(H,40,44)(H,41,45)(H,42,47)/t27-,28-,29-,31-,32-/m0/s1. The Morgan fingerprint density at radius 1 is 0.939 bits per heavy atom. The van der Waals surface area contributed by atoms with Crippen molar-refractivity contribution in [1.29, 1.82) is 0 Å². The van der Waals surface area contributed by atoms with Crippen LogP contribution in [0.25, 0.3) is 0 Å². The van der Waals surface area contributed by atoms with Crippen LogP contribution in [0.2, 0.25) is 0 Å². The molecule has 0 spiro atoms. The summed E-state index contributed by atoms with van der Waals surface area (Å²) in [5.74, 6) is -2.46. The van der Waals surface area contributed by atoms with Crippen molar-refractivity contribution in [2.45, 2.75) is 108 Å². The number of carbonyl (C=O) groups excluding carboxylic acids is 4. The van der Waals surface area contributed by atoms with Gasteiger partial charge in [0.2, 0.25) is 24.1 Å². The zero-order valence-electron chi connectivity index (χ0n) is 28.2.